The standard InChI is InChI=1S/C15H21BrN2O/c1-12-3-4-13(14(16)11-12)5-6-15(19)18-9-2-7-17-8-10-18/h3-4,11,17H,2,5-10H2,1H3. The third-order valence-electron chi connectivity index (χ3n) is 3.51. The molecule has 1 fully saturated rings. The molecule has 0 bridgehead atoms. The van der Waals surface area contributed by atoms with Crippen LogP contribution < -0.4 is 5.32 Å². The molecule has 1 heterocycles. The van der Waals surface area contributed by atoms with Gasteiger partial charge in [0.1, 0.15) is 0 Å². The van der Waals surface area contributed by atoms with Crippen molar-refractivity contribution < 1.29 is 4.79 Å². The predicted molar refractivity (Wildman–Crippen MR) is 81.3 cm³/mol. The number of rotatable bonds is 3. The van der Waals surface area contributed by atoms with E-state index in [0.717, 1.165) is 43.5 Å². The van der Waals surface area contributed by atoms with Gasteiger partial charge in [0.05, 0.1) is 0 Å². The third kappa shape index (κ3) is 4.32. The van der Waals surface area contributed by atoms with Crippen molar-refractivity contribution in [1.82, 2.24) is 10.2 Å². The first-order valence-corrected chi connectivity index (χ1v) is 7.69. The molecular formula is C15H21BrN2O. The Bertz CT molecular complexity index is 440. The van der Waals surface area contributed by atoms with Crippen LogP contribution in [0.5, 0.6) is 0 Å². The lowest BCUT2D eigenvalue weighted by molar-refractivity contribution is -0.130. The van der Waals surface area contributed by atoms with Crippen LogP contribution in [0.25, 0.3) is 0 Å². The lowest BCUT2D eigenvalue weighted by atomic mass is 10.1. The average molecular weight is 325 g/mol. The Morgan fingerprint density at radius 1 is 1.37 bits per heavy atom. The van der Waals surface area contributed by atoms with Crippen molar-refractivity contribution in [2.75, 3.05) is 26.2 Å². The first kappa shape index (κ1) is 14.5. The van der Waals surface area contributed by atoms with Crippen LogP contribution in [0, 0.1) is 6.92 Å². The summed E-state index contributed by atoms with van der Waals surface area (Å²) in [5.74, 6) is 0.274. The highest BCUT2D eigenvalue weighted by molar-refractivity contribution is 9.10. The van der Waals surface area contributed by atoms with Crippen LogP contribution in [0.15, 0.2) is 22.7 Å². The smallest absolute Gasteiger partial charge is 0.222 e. The van der Waals surface area contributed by atoms with E-state index in [1.165, 1.54) is 11.1 Å². The summed E-state index contributed by atoms with van der Waals surface area (Å²) < 4.78 is 1.11. The van der Waals surface area contributed by atoms with Crippen molar-refractivity contribution in [2.45, 2.75) is 26.2 Å². The van der Waals surface area contributed by atoms with E-state index in [-0.39, 0.29) is 5.91 Å². The molecule has 1 saturated heterocycles. The van der Waals surface area contributed by atoms with Gasteiger partial charge in [-0.3, -0.25) is 4.79 Å². The number of hydrogen-bond donors (Lipinski definition) is 1. The van der Waals surface area contributed by atoms with Gasteiger partial charge in [0, 0.05) is 30.5 Å². The molecule has 3 nitrogen and oxygen atoms in total. The molecule has 0 aliphatic carbocycles. The Hall–Kier alpha value is -0.870. The normalized spacial score (nSPS) is 16.2. The molecule has 0 spiro atoms. The van der Waals surface area contributed by atoms with Crippen molar-refractivity contribution in [3.05, 3.63) is 33.8 Å². The summed E-state index contributed by atoms with van der Waals surface area (Å²) in [6.45, 7) is 5.74. The minimum Gasteiger partial charge on any atom is -0.341 e. The van der Waals surface area contributed by atoms with E-state index in [9.17, 15) is 4.79 Å². The fourth-order valence-corrected chi connectivity index (χ4v) is 3.04. The Morgan fingerprint density at radius 2 is 2.21 bits per heavy atom. The highest BCUT2D eigenvalue weighted by Gasteiger charge is 2.15. The van der Waals surface area contributed by atoms with Crippen LogP contribution >= 0.6 is 15.9 Å². The van der Waals surface area contributed by atoms with Gasteiger partial charge < -0.3 is 10.2 Å². The van der Waals surface area contributed by atoms with Crippen molar-refractivity contribution >= 4 is 21.8 Å². The second kappa shape index (κ2) is 7.06. The summed E-state index contributed by atoms with van der Waals surface area (Å²) in [6.07, 6.45) is 2.46. The molecule has 1 aliphatic heterocycles. The maximum atomic E-state index is 12.2. The largest absolute Gasteiger partial charge is 0.341 e. The summed E-state index contributed by atoms with van der Waals surface area (Å²) in [4.78, 5) is 14.2. The molecule has 0 radical (unpaired) electrons. The second-order valence-corrected chi connectivity index (χ2v) is 5.93. The number of hydrogen-bond acceptors (Lipinski definition) is 2. The van der Waals surface area contributed by atoms with Crippen LogP contribution in [0.3, 0.4) is 0 Å². The van der Waals surface area contributed by atoms with E-state index >= 15 is 0 Å². The molecule has 2 rings (SSSR count). The summed E-state index contributed by atoms with van der Waals surface area (Å²) in [7, 11) is 0. The molecule has 0 aromatic heterocycles. The fourth-order valence-electron chi connectivity index (χ4n) is 2.35. The topological polar surface area (TPSA) is 32.3 Å². The number of carbonyl (C=O) groups is 1. The third-order valence-corrected chi connectivity index (χ3v) is 4.25. The molecule has 4 heteroatoms. The van der Waals surface area contributed by atoms with Crippen LogP contribution in [-0.2, 0) is 11.2 Å². The van der Waals surface area contributed by atoms with E-state index in [0.29, 0.717) is 6.42 Å². The van der Waals surface area contributed by atoms with Gasteiger partial charge in [-0.25, -0.2) is 0 Å². The number of nitrogens with one attached hydrogen (secondary N) is 1. The van der Waals surface area contributed by atoms with Crippen molar-refractivity contribution in [3.63, 3.8) is 0 Å². The quantitative estimate of drug-likeness (QED) is 0.926. The summed E-state index contributed by atoms with van der Waals surface area (Å²) in [5, 5.41) is 3.32. The molecule has 1 N–H and O–H groups in total. The van der Waals surface area contributed by atoms with Gasteiger partial charge in [0.25, 0.3) is 0 Å². The van der Waals surface area contributed by atoms with Gasteiger partial charge >= 0.3 is 0 Å². The summed E-state index contributed by atoms with van der Waals surface area (Å²) in [5.41, 5.74) is 2.45. The summed E-state index contributed by atoms with van der Waals surface area (Å²) in [6, 6.07) is 6.31. The predicted octanol–water partition coefficient (Wildman–Crippen LogP) is 2.51. The van der Waals surface area contributed by atoms with Gasteiger partial charge in [-0.05, 0) is 43.5 Å². The van der Waals surface area contributed by atoms with E-state index in [1.54, 1.807) is 0 Å². The van der Waals surface area contributed by atoms with E-state index in [2.05, 4.69) is 46.4 Å². The Morgan fingerprint density at radius 3 is 3.00 bits per heavy atom. The zero-order valence-corrected chi connectivity index (χ0v) is 13.0. The highest BCUT2D eigenvalue weighted by atomic mass is 79.9. The molecule has 1 aliphatic rings. The second-order valence-electron chi connectivity index (χ2n) is 5.08. The van der Waals surface area contributed by atoms with Gasteiger partial charge in [-0.15, -0.1) is 0 Å². The molecule has 0 atom stereocenters. The number of halogens is 1. The molecule has 1 aromatic carbocycles. The van der Waals surface area contributed by atoms with E-state index < -0.39 is 0 Å². The SMILES string of the molecule is Cc1ccc(CCC(=O)N2CCCNCC2)c(Br)c1. The molecule has 1 aromatic rings. The Labute approximate surface area is 123 Å². The molecule has 0 saturated carbocycles. The maximum Gasteiger partial charge on any atom is 0.222 e. The highest BCUT2D eigenvalue weighted by Crippen LogP contribution is 2.20. The number of nitrogens with zero attached hydrogens (tertiary/aromatic N) is 1. The Kier molecular flexibility index (Phi) is 5.40. The number of carbonyl (C=O) groups excluding carboxylic acids is 1. The number of amides is 1. The lowest BCUT2D eigenvalue weighted by Gasteiger charge is -2.20. The van der Waals surface area contributed by atoms with Crippen molar-refractivity contribution in [3.8, 4) is 0 Å². The maximum absolute atomic E-state index is 12.2. The van der Waals surface area contributed by atoms with Gasteiger partial charge in [0.2, 0.25) is 5.91 Å². The number of benzene rings is 1. The first-order valence-electron chi connectivity index (χ1n) is 6.90. The van der Waals surface area contributed by atoms with Gasteiger partial charge in [-0.1, -0.05) is 28.1 Å². The van der Waals surface area contributed by atoms with Crippen LogP contribution in [0.1, 0.15) is 24.0 Å². The zero-order chi connectivity index (χ0) is 13.7. The van der Waals surface area contributed by atoms with Crippen LogP contribution in [0.4, 0.5) is 0 Å². The van der Waals surface area contributed by atoms with E-state index in [1.807, 2.05) is 4.90 Å². The summed E-state index contributed by atoms with van der Waals surface area (Å²) >= 11 is 3.57. The molecule has 0 unspecified atom stereocenters. The molecule has 19 heavy (non-hydrogen) atoms. The van der Waals surface area contributed by atoms with Crippen molar-refractivity contribution in [2.24, 2.45) is 0 Å². The zero-order valence-electron chi connectivity index (χ0n) is 11.4. The van der Waals surface area contributed by atoms with Crippen molar-refractivity contribution in [1.29, 1.82) is 0 Å². The molecule has 1 amide bonds. The first-order chi connectivity index (χ1) is 9.16. The molecule has 104 valence electrons. The number of aryl methyl sites for hydroxylation is 2. The lowest BCUT2D eigenvalue weighted by Crippen LogP contribution is -2.34. The minimum absolute atomic E-state index is 0.274. The average Bonchev–Trinajstić information content (AvgIpc) is 2.66. The van der Waals surface area contributed by atoms with Gasteiger partial charge in [0.15, 0.2) is 0 Å². The Balaban J connectivity index is 1.88. The van der Waals surface area contributed by atoms with E-state index in [4.69, 9.17) is 0 Å². The molecular weight excluding hydrogens is 304 g/mol. The van der Waals surface area contributed by atoms with Crippen LogP contribution in [-0.4, -0.2) is 37.0 Å². The minimum atomic E-state index is 0.274. The monoisotopic (exact) mass is 324 g/mol. The van der Waals surface area contributed by atoms with Gasteiger partial charge in [-0.2, -0.15) is 0 Å². The van der Waals surface area contributed by atoms with Crippen LogP contribution in [0.2, 0.25) is 0 Å². The fraction of sp³-hybridized carbons (Fsp3) is 0.533.